The molecule has 166 valence electrons. The van der Waals surface area contributed by atoms with Crippen LogP contribution in [0.4, 0.5) is 0 Å². The van der Waals surface area contributed by atoms with E-state index in [-0.39, 0.29) is 18.5 Å². The summed E-state index contributed by atoms with van der Waals surface area (Å²) >= 11 is 0. The van der Waals surface area contributed by atoms with E-state index in [1.165, 1.54) is 0 Å². The summed E-state index contributed by atoms with van der Waals surface area (Å²) in [6.07, 6.45) is -0.167. The highest BCUT2D eigenvalue weighted by Crippen LogP contribution is 2.31. The van der Waals surface area contributed by atoms with Gasteiger partial charge in [0, 0.05) is 17.0 Å². The van der Waals surface area contributed by atoms with Gasteiger partial charge in [-0.05, 0) is 58.0 Å². The first-order chi connectivity index (χ1) is 15.3. The molecule has 1 aliphatic heterocycles. The van der Waals surface area contributed by atoms with Crippen molar-refractivity contribution in [3.63, 3.8) is 0 Å². The number of carbonyl (C=O) groups is 2. The summed E-state index contributed by atoms with van der Waals surface area (Å²) in [5.41, 5.74) is 4.71. The van der Waals surface area contributed by atoms with Crippen molar-refractivity contribution in [3.05, 3.63) is 82.2 Å². The third-order valence-corrected chi connectivity index (χ3v) is 5.62. The second kappa shape index (κ2) is 8.91. The molecule has 6 heteroatoms. The van der Waals surface area contributed by atoms with E-state index < -0.39 is 5.97 Å². The number of aromatic nitrogens is 1. The standard InChI is InChI=1S/C26H27NO5/c1-16-9-17(2)11-20(10-16)26(29)31-15-23(28)22-12-18(3)27(19(22)4)13-21-14-30-24-7-5-6-8-25(24)32-21/h5-12,21H,13-15H2,1-4H3/t21-/m0/s1. The van der Waals surface area contributed by atoms with Crippen LogP contribution in [0.15, 0.2) is 48.5 Å². The van der Waals surface area contributed by atoms with Gasteiger partial charge in [-0.15, -0.1) is 0 Å². The van der Waals surface area contributed by atoms with Gasteiger partial charge in [0.2, 0.25) is 5.78 Å². The lowest BCUT2D eigenvalue weighted by Gasteiger charge is -2.27. The number of benzene rings is 2. The Morgan fingerprint density at radius 3 is 2.41 bits per heavy atom. The average molecular weight is 434 g/mol. The second-order valence-corrected chi connectivity index (χ2v) is 8.27. The van der Waals surface area contributed by atoms with Crippen LogP contribution in [0.5, 0.6) is 11.5 Å². The zero-order valence-electron chi connectivity index (χ0n) is 18.8. The van der Waals surface area contributed by atoms with E-state index in [1.807, 2.05) is 68.7 Å². The molecular formula is C26H27NO5. The molecule has 1 aromatic heterocycles. The third-order valence-electron chi connectivity index (χ3n) is 5.62. The normalized spacial score (nSPS) is 14.8. The highest BCUT2D eigenvalue weighted by molar-refractivity contribution is 6.00. The summed E-state index contributed by atoms with van der Waals surface area (Å²) in [4.78, 5) is 25.2. The van der Waals surface area contributed by atoms with E-state index in [0.717, 1.165) is 34.0 Å². The minimum Gasteiger partial charge on any atom is -0.486 e. The largest absolute Gasteiger partial charge is 0.486 e. The lowest BCUT2D eigenvalue weighted by atomic mass is 10.1. The Morgan fingerprint density at radius 1 is 1.00 bits per heavy atom. The zero-order valence-corrected chi connectivity index (χ0v) is 18.8. The Bertz CT molecular complexity index is 1160. The molecule has 0 bridgehead atoms. The Hall–Kier alpha value is -3.54. The predicted molar refractivity (Wildman–Crippen MR) is 121 cm³/mol. The molecule has 1 aliphatic rings. The number of ether oxygens (including phenoxy) is 3. The Kier molecular flexibility index (Phi) is 6.04. The number of aryl methyl sites for hydroxylation is 3. The number of hydrogen-bond donors (Lipinski definition) is 0. The van der Waals surface area contributed by atoms with Gasteiger partial charge in [-0.1, -0.05) is 29.3 Å². The maximum absolute atomic E-state index is 12.8. The van der Waals surface area contributed by atoms with Crippen molar-refractivity contribution in [2.24, 2.45) is 0 Å². The summed E-state index contributed by atoms with van der Waals surface area (Å²) in [6, 6.07) is 14.9. The number of ketones is 1. The van der Waals surface area contributed by atoms with E-state index in [9.17, 15) is 9.59 Å². The van der Waals surface area contributed by atoms with Gasteiger partial charge in [0.1, 0.15) is 6.61 Å². The zero-order chi connectivity index (χ0) is 22.8. The molecule has 0 radical (unpaired) electrons. The van der Waals surface area contributed by atoms with Crippen LogP contribution in [-0.2, 0) is 11.3 Å². The monoisotopic (exact) mass is 433 g/mol. The average Bonchev–Trinajstić information content (AvgIpc) is 3.05. The molecule has 0 fully saturated rings. The molecule has 1 atom stereocenters. The summed E-state index contributed by atoms with van der Waals surface area (Å²) < 4.78 is 19.2. The van der Waals surface area contributed by atoms with Crippen LogP contribution in [0.2, 0.25) is 0 Å². The lowest BCUT2D eigenvalue weighted by molar-refractivity contribution is 0.0474. The summed E-state index contributed by atoms with van der Waals surface area (Å²) in [7, 11) is 0. The Labute approximate surface area is 187 Å². The van der Waals surface area contributed by atoms with Gasteiger partial charge in [-0.25, -0.2) is 4.79 Å². The van der Waals surface area contributed by atoms with Crippen LogP contribution in [-0.4, -0.2) is 35.6 Å². The van der Waals surface area contributed by atoms with Gasteiger partial charge in [0.15, 0.2) is 24.2 Å². The molecule has 0 N–H and O–H groups in total. The van der Waals surface area contributed by atoms with E-state index >= 15 is 0 Å². The van der Waals surface area contributed by atoms with Crippen molar-refractivity contribution >= 4 is 11.8 Å². The fraction of sp³-hybridized carbons (Fsp3) is 0.308. The quantitative estimate of drug-likeness (QED) is 0.420. The molecular weight excluding hydrogens is 406 g/mol. The maximum atomic E-state index is 12.8. The van der Waals surface area contributed by atoms with E-state index in [1.54, 1.807) is 12.1 Å². The molecule has 2 heterocycles. The van der Waals surface area contributed by atoms with E-state index in [0.29, 0.717) is 24.3 Å². The maximum Gasteiger partial charge on any atom is 0.338 e. The SMILES string of the molecule is Cc1cc(C)cc(C(=O)OCC(=O)c2cc(C)n(C[C@H]3COc4ccccc4O3)c2C)c1. The van der Waals surface area contributed by atoms with Crippen molar-refractivity contribution in [2.45, 2.75) is 40.3 Å². The van der Waals surface area contributed by atoms with Crippen LogP contribution in [0.25, 0.3) is 0 Å². The number of carbonyl (C=O) groups excluding carboxylic acids is 2. The van der Waals surface area contributed by atoms with E-state index in [4.69, 9.17) is 14.2 Å². The van der Waals surface area contributed by atoms with Gasteiger partial charge in [-0.2, -0.15) is 0 Å². The molecule has 3 aromatic rings. The number of Topliss-reactive ketones (excluding diaryl/α,β-unsaturated/α-hetero) is 1. The molecule has 0 aliphatic carbocycles. The van der Waals surface area contributed by atoms with Crippen molar-refractivity contribution in [2.75, 3.05) is 13.2 Å². The number of fused-ring (bicyclic) bond motifs is 1. The van der Waals surface area contributed by atoms with Crippen molar-refractivity contribution in [1.82, 2.24) is 4.57 Å². The highest BCUT2D eigenvalue weighted by atomic mass is 16.6. The molecule has 32 heavy (non-hydrogen) atoms. The first-order valence-electron chi connectivity index (χ1n) is 10.7. The topological polar surface area (TPSA) is 66.8 Å². The first kappa shape index (κ1) is 21.7. The molecule has 4 rings (SSSR count). The fourth-order valence-electron chi connectivity index (χ4n) is 4.11. The molecule has 0 saturated carbocycles. The van der Waals surface area contributed by atoms with Crippen LogP contribution in [0.1, 0.15) is 43.2 Å². The predicted octanol–water partition coefficient (Wildman–Crippen LogP) is 4.60. The highest BCUT2D eigenvalue weighted by Gasteiger charge is 2.24. The van der Waals surface area contributed by atoms with Crippen molar-refractivity contribution in [1.29, 1.82) is 0 Å². The fourth-order valence-corrected chi connectivity index (χ4v) is 4.11. The van der Waals surface area contributed by atoms with Gasteiger partial charge >= 0.3 is 5.97 Å². The van der Waals surface area contributed by atoms with Crippen molar-refractivity contribution < 1.29 is 23.8 Å². The number of para-hydroxylation sites is 2. The van der Waals surface area contributed by atoms with E-state index in [2.05, 4.69) is 0 Å². The third kappa shape index (κ3) is 4.54. The molecule has 0 amide bonds. The van der Waals surface area contributed by atoms with Crippen LogP contribution < -0.4 is 9.47 Å². The van der Waals surface area contributed by atoms with Gasteiger partial charge in [0.05, 0.1) is 12.1 Å². The Balaban J connectivity index is 1.42. The molecule has 6 nitrogen and oxygen atoms in total. The summed E-state index contributed by atoms with van der Waals surface area (Å²) in [5, 5.41) is 0. The van der Waals surface area contributed by atoms with Gasteiger partial charge < -0.3 is 18.8 Å². The second-order valence-electron chi connectivity index (χ2n) is 8.27. The molecule has 0 unspecified atom stereocenters. The smallest absolute Gasteiger partial charge is 0.338 e. The van der Waals surface area contributed by atoms with Crippen molar-refractivity contribution in [3.8, 4) is 11.5 Å². The molecule has 0 saturated heterocycles. The number of nitrogens with zero attached hydrogens (tertiary/aromatic N) is 1. The van der Waals surface area contributed by atoms with Gasteiger partial charge in [-0.3, -0.25) is 4.79 Å². The molecule has 2 aromatic carbocycles. The minimum atomic E-state index is -0.495. The molecule has 0 spiro atoms. The first-order valence-corrected chi connectivity index (χ1v) is 10.7. The van der Waals surface area contributed by atoms with Crippen LogP contribution in [0.3, 0.4) is 0 Å². The lowest BCUT2D eigenvalue weighted by Crippen LogP contribution is -2.33. The van der Waals surface area contributed by atoms with Crippen LogP contribution in [0, 0.1) is 27.7 Å². The Morgan fingerprint density at radius 2 is 1.69 bits per heavy atom. The number of hydrogen-bond acceptors (Lipinski definition) is 5. The number of rotatable bonds is 6. The minimum absolute atomic E-state index is 0.167. The van der Waals surface area contributed by atoms with Gasteiger partial charge in [0.25, 0.3) is 0 Å². The summed E-state index contributed by atoms with van der Waals surface area (Å²) in [6.45, 7) is 8.37. The number of esters is 1. The summed E-state index contributed by atoms with van der Waals surface area (Å²) in [5.74, 6) is 0.741. The van der Waals surface area contributed by atoms with Crippen LogP contribution >= 0.6 is 0 Å².